The number of amides is 3. The number of nitrogens with zero attached hydrogens (tertiary/aromatic N) is 1. The molecular weight excluding hydrogens is 356 g/mol. The van der Waals surface area contributed by atoms with Gasteiger partial charge >= 0.3 is 0 Å². The molecule has 1 atom stereocenters. The van der Waals surface area contributed by atoms with Crippen LogP contribution in [0.1, 0.15) is 13.3 Å². The number of imide groups is 1. The van der Waals surface area contributed by atoms with Crippen LogP contribution in [0.4, 0.5) is 0 Å². The van der Waals surface area contributed by atoms with Crippen molar-refractivity contribution in [2.75, 3.05) is 12.3 Å². The number of hydrogen-bond donors (Lipinski definition) is 1. The maximum atomic E-state index is 12.3. The van der Waals surface area contributed by atoms with Gasteiger partial charge in [0.05, 0.1) is 5.75 Å². The molecule has 0 aromatic heterocycles. The van der Waals surface area contributed by atoms with E-state index in [9.17, 15) is 14.4 Å². The topological polar surface area (TPSA) is 66.5 Å². The highest BCUT2D eigenvalue weighted by atomic mass is 79.9. The minimum atomic E-state index is -0.555. The maximum absolute atomic E-state index is 12.3. The number of carbonyl (C=O) groups is 3. The van der Waals surface area contributed by atoms with Gasteiger partial charge in [0, 0.05) is 9.37 Å². The van der Waals surface area contributed by atoms with Gasteiger partial charge in [0.2, 0.25) is 17.7 Å². The van der Waals surface area contributed by atoms with Gasteiger partial charge in [-0.25, -0.2) is 0 Å². The number of nitrogens with one attached hydrogen (secondary N) is 1. The van der Waals surface area contributed by atoms with E-state index in [1.54, 1.807) is 0 Å². The van der Waals surface area contributed by atoms with Crippen LogP contribution in [0.5, 0.6) is 0 Å². The molecule has 1 saturated heterocycles. The molecule has 0 aliphatic carbocycles. The van der Waals surface area contributed by atoms with Gasteiger partial charge in [0.1, 0.15) is 12.6 Å². The van der Waals surface area contributed by atoms with Gasteiger partial charge in [-0.15, -0.1) is 11.8 Å². The molecule has 5 nitrogen and oxygen atoms in total. The molecule has 21 heavy (non-hydrogen) atoms. The summed E-state index contributed by atoms with van der Waals surface area (Å²) in [5.41, 5.74) is 0. The highest BCUT2D eigenvalue weighted by Crippen LogP contribution is 2.22. The predicted molar refractivity (Wildman–Crippen MR) is 83.8 cm³/mol. The molecule has 0 saturated carbocycles. The predicted octanol–water partition coefficient (Wildman–Crippen LogP) is 1.80. The molecule has 0 spiro atoms. The molecule has 1 unspecified atom stereocenters. The van der Waals surface area contributed by atoms with Gasteiger partial charge in [0.15, 0.2) is 0 Å². The molecule has 2 rings (SSSR count). The van der Waals surface area contributed by atoms with Crippen LogP contribution in [-0.2, 0) is 14.4 Å². The van der Waals surface area contributed by atoms with Gasteiger partial charge in [-0.3, -0.25) is 19.7 Å². The third-order valence-electron chi connectivity index (χ3n) is 3.14. The van der Waals surface area contributed by atoms with E-state index in [-0.39, 0.29) is 18.2 Å². The lowest BCUT2D eigenvalue weighted by atomic mass is 10.1. The zero-order valence-electron chi connectivity index (χ0n) is 11.5. The number of hydrogen-bond acceptors (Lipinski definition) is 4. The van der Waals surface area contributed by atoms with Crippen molar-refractivity contribution in [3.8, 4) is 0 Å². The van der Waals surface area contributed by atoms with Crippen LogP contribution >= 0.6 is 27.7 Å². The van der Waals surface area contributed by atoms with E-state index in [1.807, 2.05) is 31.2 Å². The molecular formula is C14H15BrN2O3S. The summed E-state index contributed by atoms with van der Waals surface area (Å²) < 4.78 is 0.975. The number of carbonyl (C=O) groups excluding carboxylic acids is 3. The summed E-state index contributed by atoms with van der Waals surface area (Å²) in [4.78, 5) is 37.7. The van der Waals surface area contributed by atoms with Crippen LogP contribution in [0.2, 0.25) is 0 Å². The van der Waals surface area contributed by atoms with Gasteiger partial charge in [0.25, 0.3) is 0 Å². The molecule has 1 heterocycles. The van der Waals surface area contributed by atoms with Crippen LogP contribution in [0.3, 0.4) is 0 Å². The molecule has 3 amide bonds. The second-order valence-electron chi connectivity index (χ2n) is 4.60. The Bertz CT molecular complexity index is 562. The maximum Gasteiger partial charge on any atom is 0.249 e. The van der Waals surface area contributed by atoms with E-state index in [0.717, 1.165) is 9.37 Å². The Hall–Kier alpha value is -1.34. The Morgan fingerprint density at radius 3 is 2.67 bits per heavy atom. The Morgan fingerprint density at radius 2 is 2.05 bits per heavy atom. The molecule has 1 fully saturated rings. The molecule has 0 radical (unpaired) electrons. The van der Waals surface area contributed by atoms with Crippen molar-refractivity contribution in [1.29, 1.82) is 0 Å². The minimum Gasteiger partial charge on any atom is -0.321 e. The highest BCUT2D eigenvalue weighted by Gasteiger charge is 2.35. The molecule has 7 heteroatoms. The number of piperazine rings is 1. The Kier molecular flexibility index (Phi) is 5.41. The molecule has 1 aliphatic heterocycles. The van der Waals surface area contributed by atoms with Crippen molar-refractivity contribution in [2.24, 2.45) is 0 Å². The summed E-state index contributed by atoms with van der Waals surface area (Å²) in [6.07, 6.45) is 0.494. The van der Waals surface area contributed by atoms with E-state index in [0.29, 0.717) is 6.42 Å². The zero-order chi connectivity index (χ0) is 15.4. The van der Waals surface area contributed by atoms with Gasteiger partial charge in [-0.05, 0) is 30.7 Å². The van der Waals surface area contributed by atoms with Crippen LogP contribution in [0.15, 0.2) is 33.6 Å². The second-order valence-corrected chi connectivity index (χ2v) is 6.57. The summed E-state index contributed by atoms with van der Waals surface area (Å²) in [6.45, 7) is 1.77. The molecule has 1 N–H and O–H groups in total. The fourth-order valence-electron chi connectivity index (χ4n) is 2.09. The standard InChI is InChI=1S/C14H15BrN2O3S/c1-2-11-14(20)16-12(18)7-17(11)13(19)8-21-10-5-3-9(15)4-6-10/h3-6,11H,2,7-8H2,1H3,(H,16,18,20). The quantitative estimate of drug-likeness (QED) is 0.648. The van der Waals surface area contributed by atoms with Gasteiger partial charge in [-0.1, -0.05) is 22.9 Å². The Balaban J connectivity index is 1.99. The fraction of sp³-hybridized carbons (Fsp3) is 0.357. The summed E-state index contributed by atoms with van der Waals surface area (Å²) in [6, 6.07) is 7.07. The van der Waals surface area contributed by atoms with E-state index in [4.69, 9.17) is 0 Å². The summed E-state index contributed by atoms with van der Waals surface area (Å²) in [5.74, 6) is -0.806. The molecule has 1 aromatic rings. The zero-order valence-corrected chi connectivity index (χ0v) is 13.9. The van der Waals surface area contributed by atoms with Gasteiger partial charge in [-0.2, -0.15) is 0 Å². The summed E-state index contributed by atoms with van der Waals surface area (Å²) in [7, 11) is 0. The first kappa shape index (κ1) is 16.0. The van der Waals surface area contributed by atoms with Crippen LogP contribution < -0.4 is 5.32 Å². The van der Waals surface area contributed by atoms with E-state index >= 15 is 0 Å². The number of benzene rings is 1. The normalized spacial score (nSPS) is 18.6. The van der Waals surface area contributed by atoms with Crippen molar-refractivity contribution < 1.29 is 14.4 Å². The van der Waals surface area contributed by atoms with Crippen molar-refractivity contribution in [1.82, 2.24) is 10.2 Å². The van der Waals surface area contributed by atoms with Crippen molar-refractivity contribution in [2.45, 2.75) is 24.3 Å². The third kappa shape index (κ3) is 4.07. The molecule has 0 bridgehead atoms. The first-order valence-electron chi connectivity index (χ1n) is 6.52. The van der Waals surface area contributed by atoms with E-state index < -0.39 is 17.9 Å². The SMILES string of the molecule is CCC1C(=O)NC(=O)CN1C(=O)CSc1ccc(Br)cc1. The highest BCUT2D eigenvalue weighted by molar-refractivity contribution is 9.10. The summed E-state index contributed by atoms with van der Waals surface area (Å²) >= 11 is 4.74. The first-order valence-corrected chi connectivity index (χ1v) is 8.30. The molecule has 112 valence electrons. The van der Waals surface area contributed by atoms with Crippen LogP contribution in [0, 0.1) is 0 Å². The monoisotopic (exact) mass is 370 g/mol. The second kappa shape index (κ2) is 7.09. The van der Waals surface area contributed by atoms with Crippen molar-refractivity contribution in [3.63, 3.8) is 0 Å². The first-order chi connectivity index (χ1) is 10.0. The average molecular weight is 371 g/mol. The summed E-state index contributed by atoms with van der Waals surface area (Å²) in [5, 5.41) is 2.26. The van der Waals surface area contributed by atoms with Crippen LogP contribution in [-0.4, -0.2) is 41.0 Å². The number of rotatable bonds is 4. The third-order valence-corrected chi connectivity index (χ3v) is 4.66. The lowest BCUT2D eigenvalue weighted by molar-refractivity contribution is -0.148. The van der Waals surface area contributed by atoms with E-state index in [2.05, 4.69) is 21.2 Å². The van der Waals surface area contributed by atoms with Crippen molar-refractivity contribution in [3.05, 3.63) is 28.7 Å². The largest absolute Gasteiger partial charge is 0.321 e. The lowest BCUT2D eigenvalue weighted by Crippen LogP contribution is -2.59. The average Bonchev–Trinajstić information content (AvgIpc) is 2.45. The fourth-order valence-corrected chi connectivity index (χ4v) is 3.14. The Labute approximate surface area is 135 Å². The van der Waals surface area contributed by atoms with Crippen molar-refractivity contribution >= 4 is 45.4 Å². The number of thioether (sulfide) groups is 1. The van der Waals surface area contributed by atoms with E-state index in [1.165, 1.54) is 16.7 Å². The van der Waals surface area contributed by atoms with Crippen LogP contribution in [0.25, 0.3) is 0 Å². The Morgan fingerprint density at radius 1 is 1.38 bits per heavy atom. The van der Waals surface area contributed by atoms with Gasteiger partial charge < -0.3 is 4.90 Å². The molecule has 1 aromatic carbocycles. The smallest absolute Gasteiger partial charge is 0.249 e. The minimum absolute atomic E-state index is 0.0516. The number of halogens is 1. The lowest BCUT2D eigenvalue weighted by Gasteiger charge is -2.33. The molecule has 1 aliphatic rings.